The Morgan fingerprint density at radius 2 is 2.19 bits per heavy atom. The zero-order chi connectivity index (χ0) is 11.9. The van der Waals surface area contributed by atoms with Crippen LogP contribution in [0.5, 0.6) is 0 Å². The quantitative estimate of drug-likeness (QED) is 0.727. The molecular weight excluding hydrogens is 237 g/mol. The first-order chi connectivity index (χ1) is 7.45. The van der Waals surface area contributed by atoms with Crippen molar-refractivity contribution < 1.29 is 22.3 Å². The summed E-state index contributed by atoms with van der Waals surface area (Å²) in [6, 6.07) is 2.16. The number of carbonyl (C=O) groups is 1. The van der Waals surface area contributed by atoms with Crippen molar-refractivity contribution in [3.05, 3.63) is 29.1 Å². The molecule has 1 heterocycles. The van der Waals surface area contributed by atoms with E-state index in [0.717, 1.165) is 6.07 Å². The van der Waals surface area contributed by atoms with Gasteiger partial charge in [-0.15, -0.1) is 0 Å². The second-order valence-electron chi connectivity index (χ2n) is 3.26. The Hall–Kier alpha value is -1.47. The molecule has 86 valence electrons. The van der Waals surface area contributed by atoms with E-state index >= 15 is 0 Å². The summed E-state index contributed by atoms with van der Waals surface area (Å²) in [7, 11) is -2.59. The van der Waals surface area contributed by atoms with E-state index in [-0.39, 0.29) is 22.6 Å². The zero-order valence-electron chi connectivity index (χ0n) is 8.28. The average molecular weight is 245 g/mol. The molecule has 0 fully saturated rings. The van der Waals surface area contributed by atoms with Gasteiger partial charge in [-0.05, 0) is 17.7 Å². The molecule has 0 radical (unpaired) electrons. The van der Waals surface area contributed by atoms with Gasteiger partial charge in [-0.1, -0.05) is 0 Å². The molecule has 0 aliphatic carbocycles. The fraction of sp³-hybridized carbons (Fsp3) is 0.222. The van der Waals surface area contributed by atoms with E-state index in [4.69, 9.17) is 0 Å². The van der Waals surface area contributed by atoms with Crippen molar-refractivity contribution >= 4 is 16.0 Å². The van der Waals surface area contributed by atoms with Crippen LogP contribution < -0.4 is 4.72 Å². The predicted octanol–water partition coefficient (Wildman–Crippen LogP) is 0.404. The Bertz CT molecular complexity index is 567. The maximum atomic E-state index is 13.5. The predicted molar refractivity (Wildman–Crippen MR) is 51.8 cm³/mol. The minimum absolute atomic E-state index is 0.00218. The van der Waals surface area contributed by atoms with Gasteiger partial charge in [0.2, 0.25) is 10.0 Å². The number of hydrogen-bond donors (Lipinski definition) is 1. The molecule has 1 N–H and O–H groups in total. The lowest BCUT2D eigenvalue weighted by atomic mass is 10.1. The number of rotatable bonds is 1. The van der Waals surface area contributed by atoms with Crippen LogP contribution in [0.4, 0.5) is 4.39 Å². The fourth-order valence-electron chi connectivity index (χ4n) is 1.56. The number of benzene rings is 1. The third-order valence-corrected chi connectivity index (χ3v) is 3.78. The van der Waals surface area contributed by atoms with E-state index in [0.29, 0.717) is 0 Å². The highest BCUT2D eigenvalue weighted by molar-refractivity contribution is 7.89. The molecule has 0 saturated carbocycles. The van der Waals surface area contributed by atoms with Gasteiger partial charge >= 0.3 is 5.97 Å². The van der Waals surface area contributed by atoms with Gasteiger partial charge in [-0.3, -0.25) is 0 Å². The second-order valence-corrected chi connectivity index (χ2v) is 4.97. The molecule has 2 rings (SSSR count). The van der Waals surface area contributed by atoms with Gasteiger partial charge in [0.15, 0.2) is 0 Å². The molecule has 0 unspecified atom stereocenters. The van der Waals surface area contributed by atoms with E-state index in [1.807, 2.05) is 0 Å². The summed E-state index contributed by atoms with van der Waals surface area (Å²) < 4.78 is 42.8. The van der Waals surface area contributed by atoms with Crippen LogP contribution >= 0.6 is 0 Å². The Balaban J connectivity index is 2.63. The maximum absolute atomic E-state index is 13.5. The largest absolute Gasteiger partial charge is 0.465 e. The van der Waals surface area contributed by atoms with E-state index in [1.165, 1.54) is 13.2 Å². The fourth-order valence-corrected chi connectivity index (χ4v) is 2.85. The van der Waals surface area contributed by atoms with Crippen molar-refractivity contribution in [3.8, 4) is 0 Å². The van der Waals surface area contributed by atoms with Gasteiger partial charge in [0.05, 0.1) is 12.7 Å². The summed E-state index contributed by atoms with van der Waals surface area (Å²) in [4.78, 5) is 10.8. The van der Waals surface area contributed by atoms with Crippen molar-refractivity contribution in [2.24, 2.45) is 0 Å². The molecular formula is C9H8FNO4S. The van der Waals surface area contributed by atoms with Crippen LogP contribution in [0.25, 0.3) is 0 Å². The van der Waals surface area contributed by atoms with Gasteiger partial charge < -0.3 is 4.74 Å². The number of nitrogens with one attached hydrogen (secondary N) is 1. The first kappa shape index (κ1) is 11.0. The summed E-state index contributed by atoms with van der Waals surface area (Å²) in [6.07, 6.45) is 0. The molecule has 0 aromatic heterocycles. The SMILES string of the molecule is COC(=O)c1cc(F)c2c(c1)CNS2(=O)=O. The molecule has 1 aliphatic heterocycles. The Morgan fingerprint density at radius 1 is 1.50 bits per heavy atom. The van der Waals surface area contributed by atoms with Gasteiger partial charge in [0, 0.05) is 6.54 Å². The van der Waals surface area contributed by atoms with E-state index < -0.39 is 21.8 Å². The van der Waals surface area contributed by atoms with Crippen molar-refractivity contribution in [2.75, 3.05) is 7.11 Å². The van der Waals surface area contributed by atoms with Crippen LogP contribution in [0.1, 0.15) is 15.9 Å². The lowest BCUT2D eigenvalue weighted by Gasteiger charge is -2.03. The summed E-state index contributed by atoms with van der Waals surface area (Å²) in [5.74, 6) is -1.64. The third kappa shape index (κ3) is 1.57. The minimum atomic E-state index is -3.76. The lowest BCUT2D eigenvalue weighted by molar-refractivity contribution is 0.0600. The standard InChI is InChI=1S/C9H8FNO4S/c1-15-9(12)5-2-6-4-11-16(13,14)8(6)7(10)3-5/h2-3,11H,4H2,1H3. The molecule has 0 bridgehead atoms. The van der Waals surface area contributed by atoms with Gasteiger partial charge in [0.25, 0.3) is 0 Å². The van der Waals surface area contributed by atoms with E-state index in [1.54, 1.807) is 0 Å². The third-order valence-electron chi connectivity index (χ3n) is 2.26. The van der Waals surface area contributed by atoms with Crippen molar-refractivity contribution in [2.45, 2.75) is 11.4 Å². The smallest absolute Gasteiger partial charge is 0.337 e. The van der Waals surface area contributed by atoms with Crippen LogP contribution in [-0.2, 0) is 21.3 Å². The maximum Gasteiger partial charge on any atom is 0.337 e. The van der Waals surface area contributed by atoms with E-state index in [2.05, 4.69) is 9.46 Å². The molecule has 0 atom stereocenters. The molecule has 1 aliphatic rings. The number of halogens is 1. The first-order valence-electron chi connectivity index (χ1n) is 4.36. The monoisotopic (exact) mass is 245 g/mol. The highest BCUT2D eigenvalue weighted by Gasteiger charge is 2.30. The number of ether oxygens (including phenoxy) is 1. The molecule has 16 heavy (non-hydrogen) atoms. The van der Waals surface area contributed by atoms with Gasteiger partial charge in [-0.25, -0.2) is 22.3 Å². The molecule has 7 heteroatoms. The first-order valence-corrected chi connectivity index (χ1v) is 5.84. The molecule has 1 aromatic rings. The number of sulfonamides is 1. The number of hydrogen-bond acceptors (Lipinski definition) is 4. The lowest BCUT2D eigenvalue weighted by Crippen LogP contribution is -2.14. The Labute approximate surface area is 91.3 Å². The normalized spacial score (nSPS) is 16.9. The summed E-state index contributed by atoms with van der Waals surface area (Å²) in [5.41, 5.74) is 0.234. The van der Waals surface area contributed by atoms with Crippen LogP contribution in [0, 0.1) is 5.82 Å². The average Bonchev–Trinajstić information content (AvgIpc) is 2.53. The molecule has 0 spiro atoms. The van der Waals surface area contributed by atoms with Crippen molar-refractivity contribution in [3.63, 3.8) is 0 Å². The minimum Gasteiger partial charge on any atom is -0.465 e. The number of methoxy groups -OCH3 is 1. The second kappa shape index (κ2) is 3.53. The number of esters is 1. The summed E-state index contributed by atoms with van der Waals surface area (Å²) in [6.45, 7) is -0.0145. The highest BCUT2D eigenvalue weighted by Crippen LogP contribution is 2.26. The van der Waals surface area contributed by atoms with Crippen LogP contribution in [0.15, 0.2) is 17.0 Å². The number of carbonyl (C=O) groups excluding carboxylic acids is 1. The Kier molecular flexibility index (Phi) is 2.43. The zero-order valence-corrected chi connectivity index (χ0v) is 9.10. The van der Waals surface area contributed by atoms with E-state index in [9.17, 15) is 17.6 Å². The topological polar surface area (TPSA) is 72.5 Å². The van der Waals surface area contributed by atoms with Crippen LogP contribution in [0.3, 0.4) is 0 Å². The Morgan fingerprint density at radius 3 is 2.81 bits per heavy atom. The molecule has 0 amide bonds. The molecule has 5 nitrogen and oxygen atoms in total. The van der Waals surface area contributed by atoms with Gasteiger partial charge in [0.1, 0.15) is 10.7 Å². The summed E-state index contributed by atoms with van der Waals surface area (Å²) >= 11 is 0. The summed E-state index contributed by atoms with van der Waals surface area (Å²) in [5, 5.41) is 0. The van der Waals surface area contributed by atoms with Gasteiger partial charge in [-0.2, -0.15) is 0 Å². The molecule has 1 aromatic carbocycles. The molecule has 0 saturated heterocycles. The van der Waals surface area contributed by atoms with Crippen LogP contribution in [0.2, 0.25) is 0 Å². The van der Waals surface area contributed by atoms with Crippen LogP contribution in [-0.4, -0.2) is 21.5 Å². The van der Waals surface area contributed by atoms with Crippen molar-refractivity contribution in [1.82, 2.24) is 4.72 Å². The van der Waals surface area contributed by atoms with Crippen molar-refractivity contribution in [1.29, 1.82) is 0 Å². The highest BCUT2D eigenvalue weighted by atomic mass is 32.2. The number of fused-ring (bicyclic) bond motifs is 1.